The third-order valence-corrected chi connectivity index (χ3v) is 4.25. The Bertz CT molecular complexity index is 824. The summed E-state index contributed by atoms with van der Waals surface area (Å²) in [7, 11) is 0. The molecule has 3 N–H and O–H groups in total. The van der Waals surface area contributed by atoms with E-state index in [1.807, 2.05) is 0 Å². The van der Waals surface area contributed by atoms with Gasteiger partial charge in [-0.1, -0.05) is 67.9 Å². The van der Waals surface area contributed by atoms with Crippen LogP contribution in [0.3, 0.4) is 0 Å². The highest BCUT2D eigenvalue weighted by Gasteiger charge is 2.31. The third-order valence-electron chi connectivity index (χ3n) is 3.92. The van der Waals surface area contributed by atoms with Gasteiger partial charge in [-0.2, -0.15) is 0 Å². The van der Waals surface area contributed by atoms with Crippen LogP contribution in [-0.4, -0.2) is 23.8 Å². The zero-order valence-electron chi connectivity index (χ0n) is 15.0. The van der Waals surface area contributed by atoms with Crippen LogP contribution in [0, 0.1) is 5.92 Å². The molecule has 142 valence electrons. The Hall–Kier alpha value is -2.86. The molecule has 0 heterocycles. The number of halogens is 1. The van der Waals surface area contributed by atoms with Crippen molar-refractivity contribution in [1.29, 1.82) is 0 Å². The topological polar surface area (TPSA) is 98.5 Å². The van der Waals surface area contributed by atoms with Crippen molar-refractivity contribution in [2.24, 2.45) is 11.7 Å². The molecule has 2 aromatic carbocycles. The van der Waals surface area contributed by atoms with Gasteiger partial charge in [0.1, 0.15) is 6.04 Å². The fourth-order valence-corrected chi connectivity index (χ4v) is 2.69. The predicted molar refractivity (Wildman–Crippen MR) is 102 cm³/mol. The zero-order chi connectivity index (χ0) is 20.0. The highest BCUT2D eigenvalue weighted by Crippen LogP contribution is 2.20. The van der Waals surface area contributed by atoms with Crippen molar-refractivity contribution in [3.8, 4) is 0 Å². The molecule has 0 saturated carbocycles. The van der Waals surface area contributed by atoms with E-state index in [-0.39, 0.29) is 16.5 Å². The van der Waals surface area contributed by atoms with E-state index >= 15 is 0 Å². The number of hydrogen-bond acceptors (Lipinski definition) is 4. The van der Waals surface area contributed by atoms with Crippen LogP contribution in [0.15, 0.2) is 54.6 Å². The van der Waals surface area contributed by atoms with Crippen LogP contribution in [0.1, 0.15) is 35.9 Å². The molecule has 0 saturated heterocycles. The summed E-state index contributed by atoms with van der Waals surface area (Å²) in [4.78, 5) is 36.9. The van der Waals surface area contributed by atoms with Gasteiger partial charge in [0.05, 0.1) is 10.6 Å². The van der Waals surface area contributed by atoms with Crippen LogP contribution in [0.25, 0.3) is 0 Å². The van der Waals surface area contributed by atoms with Crippen LogP contribution in [0.5, 0.6) is 0 Å². The number of ether oxygens (including phenoxy) is 1. The molecular weight excluding hydrogens is 368 g/mol. The molecule has 7 heteroatoms. The predicted octanol–water partition coefficient (Wildman–Crippen LogP) is 2.86. The lowest BCUT2D eigenvalue weighted by Crippen LogP contribution is -2.46. The van der Waals surface area contributed by atoms with Crippen LogP contribution in [0.2, 0.25) is 5.02 Å². The molecule has 2 amide bonds. The van der Waals surface area contributed by atoms with E-state index in [1.54, 1.807) is 68.4 Å². The molecule has 2 unspecified atom stereocenters. The average Bonchev–Trinajstić information content (AvgIpc) is 2.64. The number of carbonyl (C=O) groups is 3. The summed E-state index contributed by atoms with van der Waals surface area (Å²) >= 11 is 6.03. The number of primary amides is 1. The van der Waals surface area contributed by atoms with Crippen LogP contribution >= 0.6 is 11.6 Å². The fraction of sp³-hybridized carbons (Fsp3) is 0.250. The summed E-state index contributed by atoms with van der Waals surface area (Å²) in [5.74, 6) is -2.34. The first-order valence-electron chi connectivity index (χ1n) is 8.41. The largest absolute Gasteiger partial charge is 0.446 e. The molecule has 0 aliphatic carbocycles. The van der Waals surface area contributed by atoms with E-state index in [4.69, 9.17) is 22.1 Å². The molecular formula is C20H21ClN2O4. The summed E-state index contributed by atoms with van der Waals surface area (Å²) in [5, 5.41) is 2.89. The summed E-state index contributed by atoms with van der Waals surface area (Å²) in [5.41, 5.74) is 6.08. The molecule has 2 atom stereocenters. The molecule has 0 aliphatic heterocycles. The Balaban J connectivity index is 2.18. The van der Waals surface area contributed by atoms with Gasteiger partial charge in [0, 0.05) is 5.56 Å². The van der Waals surface area contributed by atoms with Crippen molar-refractivity contribution >= 4 is 29.4 Å². The minimum atomic E-state index is -1.24. The van der Waals surface area contributed by atoms with Gasteiger partial charge >= 0.3 is 5.97 Å². The number of rotatable bonds is 7. The van der Waals surface area contributed by atoms with Gasteiger partial charge in [0.15, 0.2) is 0 Å². The Morgan fingerprint density at radius 2 is 1.59 bits per heavy atom. The van der Waals surface area contributed by atoms with Gasteiger partial charge in [0.25, 0.3) is 11.8 Å². The van der Waals surface area contributed by atoms with E-state index in [1.165, 1.54) is 0 Å². The van der Waals surface area contributed by atoms with Crippen LogP contribution < -0.4 is 11.1 Å². The maximum absolute atomic E-state index is 12.6. The Morgan fingerprint density at radius 1 is 1.00 bits per heavy atom. The Labute approximate surface area is 162 Å². The summed E-state index contributed by atoms with van der Waals surface area (Å²) in [6.45, 7) is 3.50. The summed E-state index contributed by atoms with van der Waals surface area (Å²) in [6.07, 6.45) is -1.24. The number of esters is 1. The maximum Gasteiger partial charge on any atom is 0.330 e. The Morgan fingerprint density at radius 3 is 2.15 bits per heavy atom. The number of nitrogens with one attached hydrogen (secondary N) is 1. The first-order valence-corrected chi connectivity index (χ1v) is 8.79. The highest BCUT2D eigenvalue weighted by atomic mass is 35.5. The lowest BCUT2D eigenvalue weighted by atomic mass is 10.0. The summed E-state index contributed by atoms with van der Waals surface area (Å²) < 4.78 is 5.33. The molecule has 0 aliphatic rings. The average molecular weight is 389 g/mol. The van der Waals surface area contributed by atoms with Crippen molar-refractivity contribution in [3.05, 3.63) is 70.7 Å². The molecule has 2 rings (SSSR count). The SMILES string of the molecule is CC(C)C(NC(=O)c1ccccc1Cl)C(=O)OC(C(N)=O)c1ccccc1. The normalized spacial score (nSPS) is 12.9. The first kappa shape index (κ1) is 20.5. The molecule has 0 fully saturated rings. The fourth-order valence-electron chi connectivity index (χ4n) is 2.47. The molecule has 2 aromatic rings. The standard InChI is InChI=1S/C20H21ClN2O4/c1-12(2)16(23-19(25)14-10-6-7-11-15(14)21)20(26)27-17(18(22)24)13-8-4-3-5-9-13/h3-12,16-17H,1-2H3,(H2,22,24)(H,23,25). The van der Waals surface area contributed by atoms with Gasteiger partial charge in [-0.25, -0.2) is 4.79 Å². The van der Waals surface area contributed by atoms with Crippen molar-refractivity contribution in [2.75, 3.05) is 0 Å². The number of amides is 2. The molecule has 6 nitrogen and oxygen atoms in total. The quantitative estimate of drug-likeness (QED) is 0.712. The third kappa shape index (κ3) is 5.31. The lowest BCUT2D eigenvalue weighted by molar-refractivity contribution is -0.158. The van der Waals surface area contributed by atoms with Gasteiger partial charge in [-0.05, 0) is 18.1 Å². The van der Waals surface area contributed by atoms with Gasteiger partial charge in [-0.15, -0.1) is 0 Å². The van der Waals surface area contributed by atoms with Crippen molar-refractivity contribution in [3.63, 3.8) is 0 Å². The second-order valence-corrected chi connectivity index (χ2v) is 6.71. The minimum absolute atomic E-state index is 0.243. The molecule has 0 spiro atoms. The zero-order valence-corrected chi connectivity index (χ0v) is 15.8. The van der Waals surface area contributed by atoms with Crippen LogP contribution in [0.4, 0.5) is 0 Å². The number of nitrogens with two attached hydrogens (primary N) is 1. The van der Waals surface area contributed by atoms with E-state index in [0.29, 0.717) is 5.56 Å². The Kier molecular flexibility index (Phi) is 6.96. The number of benzene rings is 2. The second kappa shape index (κ2) is 9.19. The monoisotopic (exact) mass is 388 g/mol. The van der Waals surface area contributed by atoms with Gasteiger partial charge in [-0.3, -0.25) is 9.59 Å². The molecule has 27 heavy (non-hydrogen) atoms. The van der Waals surface area contributed by atoms with E-state index < -0.39 is 29.9 Å². The van der Waals surface area contributed by atoms with Gasteiger partial charge < -0.3 is 15.8 Å². The molecule has 0 aromatic heterocycles. The smallest absolute Gasteiger partial charge is 0.330 e. The van der Waals surface area contributed by atoms with Crippen molar-refractivity contribution < 1.29 is 19.1 Å². The molecule has 0 bridgehead atoms. The first-order chi connectivity index (χ1) is 12.8. The van der Waals surface area contributed by atoms with Gasteiger partial charge in [0.2, 0.25) is 6.10 Å². The highest BCUT2D eigenvalue weighted by molar-refractivity contribution is 6.33. The van der Waals surface area contributed by atoms with E-state index in [9.17, 15) is 14.4 Å². The van der Waals surface area contributed by atoms with Crippen LogP contribution in [-0.2, 0) is 14.3 Å². The molecule has 0 radical (unpaired) electrons. The summed E-state index contributed by atoms with van der Waals surface area (Å²) in [6, 6.07) is 14.0. The van der Waals surface area contributed by atoms with E-state index in [0.717, 1.165) is 0 Å². The van der Waals surface area contributed by atoms with Crippen molar-refractivity contribution in [2.45, 2.75) is 26.0 Å². The van der Waals surface area contributed by atoms with Crippen molar-refractivity contribution in [1.82, 2.24) is 5.32 Å². The number of carbonyl (C=O) groups excluding carboxylic acids is 3. The second-order valence-electron chi connectivity index (χ2n) is 6.30. The lowest BCUT2D eigenvalue weighted by Gasteiger charge is -2.24. The maximum atomic E-state index is 12.6. The van der Waals surface area contributed by atoms with E-state index in [2.05, 4.69) is 5.32 Å². The number of hydrogen-bond donors (Lipinski definition) is 2. The minimum Gasteiger partial charge on any atom is -0.446 e.